The molecule has 1 N–H and O–H groups in total. The van der Waals surface area contributed by atoms with Crippen molar-refractivity contribution in [1.82, 2.24) is 10.2 Å². The van der Waals surface area contributed by atoms with Crippen molar-refractivity contribution < 1.29 is 51.2 Å². The van der Waals surface area contributed by atoms with Gasteiger partial charge in [-0.2, -0.15) is 0 Å². The minimum Gasteiger partial charge on any atom is -0.465 e. The molecule has 8 rings (SSSR count). The molecular formula is C52H54N2O11S3. The molecule has 2 amide bonds. The summed E-state index contributed by atoms with van der Waals surface area (Å²) in [5.74, 6) is 1.15. The Kier molecular flexibility index (Phi) is 17.3. The quantitative estimate of drug-likeness (QED) is 0.0256. The highest BCUT2D eigenvalue weighted by atomic mass is 33.1. The van der Waals surface area contributed by atoms with Crippen LogP contribution in [0.5, 0.6) is 0 Å². The molecule has 3 aliphatic rings. The van der Waals surface area contributed by atoms with Crippen molar-refractivity contribution in [2.45, 2.75) is 23.2 Å². The molecule has 13 nitrogen and oxygen atoms in total. The highest BCUT2D eigenvalue weighted by Gasteiger charge is 2.32. The van der Waals surface area contributed by atoms with E-state index >= 15 is 0 Å². The first-order valence-electron chi connectivity index (χ1n) is 22.7. The van der Waals surface area contributed by atoms with Gasteiger partial charge in [0, 0.05) is 43.0 Å². The largest absolute Gasteiger partial charge is 0.465 e. The molecule has 0 spiro atoms. The zero-order valence-electron chi connectivity index (χ0n) is 37.5. The predicted octanol–water partition coefficient (Wildman–Crippen LogP) is 8.97. The number of nitrogens with one attached hydrogen (secondary N) is 1. The van der Waals surface area contributed by atoms with E-state index in [4.69, 9.17) is 28.4 Å². The minimum atomic E-state index is -3.76. The number of alkyl carbamates (subject to hydrolysis) is 1. The van der Waals surface area contributed by atoms with Crippen LogP contribution in [-0.4, -0.2) is 122 Å². The zero-order chi connectivity index (χ0) is 47.1. The fraction of sp³-hybridized carbons (Fsp3) is 0.327. The summed E-state index contributed by atoms with van der Waals surface area (Å²) in [6, 6.07) is 39.4. The number of sulfone groups is 1. The molecule has 0 fully saturated rings. The monoisotopic (exact) mass is 978 g/mol. The molecule has 356 valence electrons. The van der Waals surface area contributed by atoms with E-state index in [0.29, 0.717) is 44.2 Å². The summed E-state index contributed by atoms with van der Waals surface area (Å²) in [5.41, 5.74) is 9.89. The maximum absolute atomic E-state index is 13.3. The molecule has 0 atom stereocenters. The van der Waals surface area contributed by atoms with Gasteiger partial charge in [0.1, 0.15) is 19.8 Å². The van der Waals surface area contributed by atoms with Crippen molar-refractivity contribution in [2.24, 2.45) is 0 Å². The Labute approximate surface area is 405 Å². The first kappa shape index (κ1) is 48.8. The summed E-state index contributed by atoms with van der Waals surface area (Å²) in [5, 5.41) is 2.72. The van der Waals surface area contributed by atoms with Crippen LogP contribution in [0.2, 0.25) is 0 Å². The van der Waals surface area contributed by atoms with Crippen LogP contribution in [0.4, 0.5) is 9.59 Å². The number of benzene rings is 5. The van der Waals surface area contributed by atoms with E-state index in [1.54, 1.807) is 39.8 Å². The number of nitrogens with zero attached hydrogens (tertiary/aromatic N) is 1. The van der Waals surface area contributed by atoms with Gasteiger partial charge in [-0.3, -0.25) is 4.79 Å². The lowest BCUT2D eigenvalue weighted by molar-refractivity contribution is -0.143. The Morgan fingerprint density at radius 1 is 0.559 bits per heavy atom. The average Bonchev–Trinajstić information content (AvgIpc) is 3.96. The molecule has 0 bridgehead atoms. The zero-order valence-corrected chi connectivity index (χ0v) is 40.0. The third-order valence-electron chi connectivity index (χ3n) is 11.9. The average molecular weight is 979 g/mol. The van der Waals surface area contributed by atoms with Gasteiger partial charge in [0.2, 0.25) is 9.84 Å². The Bertz CT molecular complexity index is 2600. The van der Waals surface area contributed by atoms with Gasteiger partial charge in [0.25, 0.3) is 0 Å². The van der Waals surface area contributed by atoms with Crippen LogP contribution in [-0.2, 0) is 43.1 Å². The molecule has 5 aromatic rings. The molecule has 0 saturated heterocycles. The fourth-order valence-corrected chi connectivity index (χ4v) is 11.9. The lowest BCUT2D eigenvalue weighted by Gasteiger charge is -2.22. The number of rotatable bonds is 25. The summed E-state index contributed by atoms with van der Waals surface area (Å²) in [6.45, 7) is 2.19. The number of fused-ring (bicyclic) bond motifs is 7. The van der Waals surface area contributed by atoms with Gasteiger partial charge in [-0.05, 0) is 62.2 Å². The van der Waals surface area contributed by atoms with E-state index in [0.717, 1.165) is 28.0 Å². The summed E-state index contributed by atoms with van der Waals surface area (Å²) in [7, 11) is -0.536. The number of carbonyl (C=O) groups is 3. The van der Waals surface area contributed by atoms with E-state index < -0.39 is 28.6 Å². The van der Waals surface area contributed by atoms with Gasteiger partial charge in [-0.1, -0.05) is 137 Å². The van der Waals surface area contributed by atoms with Crippen molar-refractivity contribution in [1.29, 1.82) is 0 Å². The SMILES string of the molecule is O=C(CCSSCCOCCOCCN(CCOCCNC(=O)OCC1c2ccccc2-c2ccccc21)C(=O)OCC1=Cc2ccccc2S1(=O)=O)OCC1c2ccccc2-c2ccccc21. The molecule has 0 unspecified atom stereocenters. The second-order valence-corrected chi connectivity index (χ2v) is 20.8. The lowest BCUT2D eigenvalue weighted by Crippen LogP contribution is -2.38. The standard InChI is InChI=1S/C52H54N2O11S3/c55-50(63-35-47-43-16-6-2-12-39(43)40-13-3-7-17-44(40)47)21-31-66-67-32-30-62-29-28-61-27-24-54(52(57)65-34-38-33-37-11-1-10-20-49(37)68(38,58)59)23-26-60-25-22-53-51(56)64-36-48-45-18-8-4-14-41(45)42-15-5-9-19-46(42)48/h1-20,33,47-48H,21-32,34-36H2,(H,53,56). The second-order valence-electron chi connectivity index (χ2n) is 16.1. The van der Waals surface area contributed by atoms with E-state index in [-0.39, 0.29) is 73.7 Å². The Morgan fingerprint density at radius 2 is 1.06 bits per heavy atom. The molecular weight excluding hydrogens is 925 g/mol. The number of hydrogen-bond acceptors (Lipinski definition) is 13. The maximum atomic E-state index is 13.3. The molecule has 0 aromatic heterocycles. The highest BCUT2D eigenvalue weighted by molar-refractivity contribution is 8.76. The molecule has 2 aliphatic carbocycles. The summed E-state index contributed by atoms with van der Waals surface area (Å²) < 4.78 is 60.1. The lowest BCUT2D eigenvalue weighted by atomic mass is 9.98. The predicted molar refractivity (Wildman–Crippen MR) is 264 cm³/mol. The van der Waals surface area contributed by atoms with Crippen LogP contribution in [0.1, 0.15) is 46.1 Å². The van der Waals surface area contributed by atoms with Crippen LogP contribution in [0.15, 0.2) is 131 Å². The van der Waals surface area contributed by atoms with Crippen molar-refractivity contribution in [3.8, 4) is 22.3 Å². The van der Waals surface area contributed by atoms with Gasteiger partial charge in [-0.25, -0.2) is 18.0 Å². The molecule has 1 aliphatic heterocycles. The smallest absolute Gasteiger partial charge is 0.410 e. The Hall–Kier alpha value is -5.62. The maximum Gasteiger partial charge on any atom is 0.410 e. The molecule has 16 heteroatoms. The van der Waals surface area contributed by atoms with E-state index in [1.807, 2.05) is 48.5 Å². The van der Waals surface area contributed by atoms with E-state index in [1.165, 1.54) is 39.3 Å². The Balaban J connectivity index is 0.693. The van der Waals surface area contributed by atoms with E-state index in [9.17, 15) is 22.8 Å². The molecule has 0 saturated carbocycles. The van der Waals surface area contributed by atoms with Crippen molar-refractivity contribution in [3.05, 3.63) is 154 Å². The van der Waals surface area contributed by atoms with Gasteiger partial charge in [0.15, 0.2) is 0 Å². The van der Waals surface area contributed by atoms with Gasteiger partial charge in [-0.15, -0.1) is 0 Å². The highest BCUT2D eigenvalue weighted by Crippen LogP contribution is 2.46. The Morgan fingerprint density at radius 3 is 1.65 bits per heavy atom. The van der Waals surface area contributed by atoms with Crippen LogP contribution >= 0.6 is 21.6 Å². The van der Waals surface area contributed by atoms with E-state index in [2.05, 4.69) is 53.8 Å². The summed E-state index contributed by atoms with van der Waals surface area (Å²) in [4.78, 5) is 40.0. The number of esters is 1. The molecule has 5 aromatic carbocycles. The van der Waals surface area contributed by atoms with Crippen LogP contribution in [0.25, 0.3) is 28.3 Å². The third kappa shape index (κ3) is 12.1. The van der Waals surface area contributed by atoms with Crippen molar-refractivity contribution in [2.75, 3.05) is 90.6 Å². The molecule has 68 heavy (non-hydrogen) atoms. The summed E-state index contributed by atoms with van der Waals surface area (Å²) in [6.07, 6.45) is 0.569. The van der Waals surface area contributed by atoms with Gasteiger partial charge in [0.05, 0.1) is 55.9 Å². The number of amides is 2. The first-order valence-corrected chi connectivity index (χ1v) is 26.6. The van der Waals surface area contributed by atoms with Crippen LogP contribution in [0, 0.1) is 0 Å². The normalized spacial score (nSPS) is 14.0. The minimum absolute atomic E-state index is 0.00291. The van der Waals surface area contributed by atoms with Gasteiger partial charge < -0.3 is 38.6 Å². The number of carbonyl (C=O) groups excluding carboxylic acids is 3. The van der Waals surface area contributed by atoms with Gasteiger partial charge >= 0.3 is 18.2 Å². The number of ether oxygens (including phenoxy) is 6. The van der Waals surface area contributed by atoms with Crippen LogP contribution in [0.3, 0.4) is 0 Å². The second kappa shape index (κ2) is 24.1. The third-order valence-corrected chi connectivity index (χ3v) is 16.1. The number of hydrogen-bond donors (Lipinski definition) is 1. The summed E-state index contributed by atoms with van der Waals surface area (Å²) >= 11 is 0. The van der Waals surface area contributed by atoms with Crippen molar-refractivity contribution in [3.63, 3.8) is 0 Å². The van der Waals surface area contributed by atoms with Crippen LogP contribution < -0.4 is 5.32 Å². The topological polar surface area (TPSA) is 156 Å². The fourth-order valence-electron chi connectivity index (χ4n) is 8.55. The molecule has 0 radical (unpaired) electrons. The first-order chi connectivity index (χ1) is 33.3. The molecule has 1 heterocycles. The van der Waals surface area contributed by atoms with Crippen molar-refractivity contribution >= 4 is 55.7 Å².